The summed E-state index contributed by atoms with van der Waals surface area (Å²) in [5.74, 6) is -0.367. The van der Waals surface area contributed by atoms with Crippen LogP contribution >= 0.6 is 34.2 Å². The second kappa shape index (κ2) is 5.05. The van der Waals surface area contributed by atoms with Crippen LogP contribution in [0.3, 0.4) is 0 Å². The van der Waals surface area contributed by atoms with Gasteiger partial charge in [0, 0.05) is 5.54 Å². The number of esters is 1. The van der Waals surface area contributed by atoms with Crippen molar-refractivity contribution in [3.8, 4) is 0 Å². The van der Waals surface area contributed by atoms with Gasteiger partial charge in [-0.3, -0.25) is 0 Å². The largest absolute Gasteiger partial charge is 0.462 e. The lowest BCUT2D eigenvalue weighted by Gasteiger charge is -1.96. The Kier molecular flexibility index (Phi) is 5.18. The molecule has 0 unspecified atom stereocenters. The van der Waals surface area contributed by atoms with Crippen LogP contribution in [0, 0.1) is 0 Å². The lowest BCUT2D eigenvalue weighted by molar-refractivity contribution is -0.137. The van der Waals surface area contributed by atoms with Crippen LogP contribution in [-0.4, -0.2) is 12.6 Å². The number of carbonyl (C=O) groups excluding carboxylic acids is 1. The van der Waals surface area contributed by atoms with Crippen LogP contribution < -0.4 is 0 Å². The maximum absolute atomic E-state index is 10.6. The predicted octanol–water partition coefficient (Wildman–Crippen LogP) is 2.06. The van der Waals surface area contributed by atoms with Crippen LogP contribution in [0.2, 0.25) is 0 Å². The molecule has 0 rings (SSSR count). The van der Waals surface area contributed by atoms with Gasteiger partial charge in [0.25, 0.3) is 0 Å². The fourth-order valence-electron chi connectivity index (χ4n) is 0.245. The topological polar surface area (TPSA) is 26.3 Å². The molecule has 0 aliphatic heterocycles. The zero-order chi connectivity index (χ0) is 7.28. The molecule has 0 aromatic rings. The minimum absolute atomic E-state index is 0.367. The molecule has 2 nitrogen and oxygen atoms in total. The minimum atomic E-state index is -0.367. The van der Waals surface area contributed by atoms with E-state index >= 15 is 0 Å². The predicted molar refractivity (Wildman–Crippen MR) is 44.6 cm³/mol. The van der Waals surface area contributed by atoms with Gasteiger partial charge in [0.1, 0.15) is 3.58 Å². The molecular weight excluding hydrogens is 254 g/mol. The molecule has 0 saturated carbocycles. The summed E-state index contributed by atoms with van der Waals surface area (Å²) in [6.07, 6.45) is 0. The van der Waals surface area contributed by atoms with E-state index in [1.54, 1.807) is 6.92 Å². The summed E-state index contributed by atoms with van der Waals surface area (Å²) in [5.41, 5.74) is 1.19. The Labute approximate surface area is 72.3 Å². The molecule has 0 amide bonds. The number of hydrogen-bond acceptors (Lipinski definition) is 2. The van der Waals surface area contributed by atoms with Gasteiger partial charge in [0.15, 0.2) is 0 Å². The number of rotatable bonds is 2. The standard InChI is InChI=1S/C5H6ClIO2/c1-2-9-5(8)4(7)3-6/h3H,2H2,1H3/b4-3+. The van der Waals surface area contributed by atoms with E-state index in [1.165, 1.54) is 5.54 Å². The van der Waals surface area contributed by atoms with Crippen molar-refractivity contribution in [1.82, 2.24) is 0 Å². The van der Waals surface area contributed by atoms with Crippen LogP contribution in [0.4, 0.5) is 0 Å². The first-order chi connectivity index (χ1) is 4.22. The van der Waals surface area contributed by atoms with Crippen LogP contribution in [0.25, 0.3) is 0 Å². The van der Waals surface area contributed by atoms with Gasteiger partial charge >= 0.3 is 5.97 Å². The fourth-order valence-corrected chi connectivity index (χ4v) is 0.489. The van der Waals surface area contributed by atoms with Gasteiger partial charge < -0.3 is 4.74 Å². The molecule has 9 heavy (non-hydrogen) atoms. The molecule has 0 aromatic heterocycles. The van der Waals surface area contributed by atoms with Gasteiger partial charge in [-0.1, -0.05) is 11.6 Å². The van der Waals surface area contributed by atoms with Crippen molar-refractivity contribution in [2.45, 2.75) is 6.92 Å². The van der Waals surface area contributed by atoms with Crippen molar-refractivity contribution < 1.29 is 9.53 Å². The van der Waals surface area contributed by atoms with Gasteiger partial charge in [-0.25, -0.2) is 4.79 Å². The van der Waals surface area contributed by atoms with Crippen LogP contribution in [0.1, 0.15) is 6.92 Å². The molecule has 0 atom stereocenters. The lowest BCUT2D eigenvalue weighted by atomic mass is 10.6. The first kappa shape index (κ1) is 9.23. The summed E-state index contributed by atoms with van der Waals surface area (Å²) in [5, 5.41) is 0. The molecule has 0 N–H and O–H groups in total. The molecule has 0 spiro atoms. The third kappa shape index (κ3) is 3.75. The minimum Gasteiger partial charge on any atom is -0.462 e. The van der Waals surface area contributed by atoms with E-state index in [0.29, 0.717) is 10.2 Å². The molecule has 0 aliphatic carbocycles. The number of halogens is 2. The molecule has 0 aliphatic rings. The highest BCUT2D eigenvalue weighted by atomic mass is 127. The summed E-state index contributed by atoms with van der Waals surface area (Å²) < 4.78 is 4.99. The van der Waals surface area contributed by atoms with Gasteiger partial charge in [-0.15, -0.1) is 0 Å². The van der Waals surface area contributed by atoms with Crippen molar-refractivity contribution in [2.24, 2.45) is 0 Å². The molecular formula is C5H6ClIO2. The second-order valence-corrected chi connectivity index (χ2v) is 2.56. The molecule has 0 aromatic carbocycles. The first-order valence-corrected chi connectivity index (χ1v) is 3.87. The van der Waals surface area contributed by atoms with Crippen LogP contribution in [0.5, 0.6) is 0 Å². The Morgan fingerprint density at radius 1 is 1.89 bits per heavy atom. The summed E-state index contributed by atoms with van der Waals surface area (Å²) in [6, 6.07) is 0. The maximum atomic E-state index is 10.6. The smallest absolute Gasteiger partial charge is 0.345 e. The average Bonchev–Trinajstić information content (AvgIpc) is 1.87. The highest BCUT2D eigenvalue weighted by Crippen LogP contribution is 2.08. The first-order valence-electron chi connectivity index (χ1n) is 2.35. The van der Waals surface area contributed by atoms with E-state index in [4.69, 9.17) is 11.6 Å². The normalized spacial score (nSPS) is 11.2. The summed E-state index contributed by atoms with van der Waals surface area (Å²) >= 11 is 7.02. The van der Waals surface area contributed by atoms with Crippen molar-refractivity contribution >= 4 is 40.2 Å². The fraction of sp³-hybridized carbons (Fsp3) is 0.400. The second-order valence-electron chi connectivity index (χ2n) is 1.18. The Bertz CT molecular complexity index is 133. The summed E-state index contributed by atoms with van der Waals surface area (Å²) in [6.45, 7) is 2.13. The zero-order valence-corrected chi connectivity index (χ0v) is 7.77. The third-order valence-corrected chi connectivity index (χ3v) is 1.90. The van der Waals surface area contributed by atoms with Crippen molar-refractivity contribution in [3.05, 3.63) is 9.12 Å². The summed E-state index contributed by atoms with van der Waals surface area (Å²) in [7, 11) is 0. The van der Waals surface area contributed by atoms with Gasteiger partial charge in [0.2, 0.25) is 0 Å². The van der Waals surface area contributed by atoms with Crippen molar-refractivity contribution in [2.75, 3.05) is 6.61 Å². The Balaban J connectivity index is 3.74. The molecule has 0 heterocycles. The summed E-state index contributed by atoms with van der Waals surface area (Å²) in [4.78, 5) is 10.6. The zero-order valence-electron chi connectivity index (χ0n) is 4.86. The van der Waals surface area contributed by atoms with E-state index < -0.39 is 0 Å². The van der Waals surface area contributed by atoms with Crippen LogP contribution in [-0.2, 0) is 9.53 Å². The van der Waals surface area contributed by atoms with E-state index in [0.717, 1.165) is 0 Å². The van der Waals surface area contributed by atoms with Gasteiger partial charge in [0.05, 0.1) is 6.61 Å². The molecule has 0 bridgehead atoms. The van der Waals surface area contributed by atoms with E-state index in [-0.39, 0.29) is 5.97 Å². The van der Waals surface area contributed by atoms with E-state index in [1.807, 2.05) is 22.6 Å². The SMILES string of the molecule is CCOC(=O)/C(I)=C\Cl. The maximum Gasteiger partial charge on any atom is 0.345 e. The van der Waals surface area contributed by atoms with Crippen molar-refractivity contribution in [3.63, 3.8) is 0 Å². The highest BCUT2D eigenvalue weighted by Gasteiger charge is 2.03. The third-order valence-electron chi connectivity index (χ3n) is 0.566. The van der Waals surface area contributed by atoms with Gasteiger partial charge in [-0.2, -0.15) is 0 Å². The number of carbonyl (C=O) groups is 1. The lowest BCUT2D eigenvalue weighted by Crippen LogP contribution is -2.02. The number of hydrogen-bond donors (Lipinski definition) is 0. The average molecular weight is 260 g/mol. The Morgan fingerprint density at radius 2 is 2.44 bits per heavy atom. The van der Waals surface area contributed by atoms with E-state index in [2.05, 4.69) is 4.74 Å². The molecule has 0 saturated heterocycles. The Hall–Kier alpha value is 0.230. The van der Waals surface area contributed by atoms with Crippen molar-refractivity contribution in [1.29, 1.82) is 0 Å². The molecule has 0 fully saturated rings. The molecule has 4 heteroatoms. The highest BCUT2D eigenvalue weighted by molar-refractivity contribution is 14.1. The van der Waals surface area contributed by atoms with Gasteiger partial charge in [-0.05, 0) is 29.5 Å². The molecule has 0 radical (unpaired) electrons. The van der Waals surface area contributed by atoms with E-state index in [9.17, 15) is 4.79 Å². The monoisotopic (exact) mass is 260 g/mol. The molecule has 52 valence electrons. The number of ether oxygens (including phenoxy) is 1. The quantitative estimate of drug-likeness (QED) is 0.432. The Morgan fingerprint density at radius 3 is 2.78 bits per heavy atom. The van der Waals surface area contributed by atoms with Crippen LogP contribution in [0.15, 0.2) is 9.12 Å².